The van der Waals surface area contributed by atoms with Gasteiger partial charge in [0.2, 0.25) is 5.79 Å². The van der Waals surface area contributed by atoms with E-state index in [2.05, 4.69) is 16.4 Å². The molecular weight excluding hydrogens is 410 g/mol. The number of fused-ring (bicyclic) bond motifs is 2. The molecule has 0 radical (unpaired) electrons. The van der Waals surface area contributed by atoms with Crippen LogP contribution < -0.4 is 0 Å². The molecule has 1 saturated heterocycles. The molecule has 6 nitrogen and oxygen atoms in total. The van der Waals surface area contributed by atoms with E-state index >= 15 is 0 Å². The number of aliphatic hydroxyl groups is 3. The van der Waals surface area contributed by atoms with Crippen molar-refractivity contribution in [2.75, 3.05) is 0 Å². The van der Waals surface area contributed by atoms with Crippen LogP contribution in [0.5, 0.6) is 0 Å². The summed E-state index contributed by atoms with van der Waals surface area (Å²) >= 11 is 3.35. The zero-order chi connectivity index (χ0) is 20.2. The van der Waals surface area contributed by atoms with Crippen molar-refractivity contribution in [2.45, 2.75) is 50.2 Å². The van der Waals surface area contributed by atoms with Crippen molar-refractivity contribution in [1.29, 1.82) is 0 Å². The van der Waals surface area contributed by atoms with Crippen LogP contribution >= 0.6 is 22.7 Å². The van der Waals surface area contributed by atoms with Crippen LogP contribution in [-0.2, 0) is 28.3 Å². The SMILES string of the molecule is C[C@H]1O[C@]2(OCc3ccc(Cc4ncc(-c5cccs5)s4)cc32)[C@H](O)[C@@H](O)[C@@H]1O. The van der Waals surface area contributed by atoms with Gasteiger partial charge in [0.15, 0.2) is 0 Å². The van der Waals surface area contributed by atoms with Crippen molar-refractivity contribution in [3.05, 3.63) is 63.6 Å². The highest BCUT2D eigenvalue weighted by atomic mass is 32.1. The van der Waals surface area contributed by atoms with Gasteiger partial charge in [0.05, 0.1) is 22.6 Å². The molecule has 1 aromatic carbocycles. The van der Waals surface area contributed by atoms with Crippen LogP contribution in [0.2, 0.25) is 0 Å². The van der Waals surface area contributed by atoms with E-state index in [0.717, 1.165) is 21.0 Å². The van der Waals surface area contributed by atoms with Gasteiger partial charge in [-0.25, -0.2) is 4.98 Å². The first-order chi connectivity index (χ1) is 14.0. The lowest BCUT2D eigenvalue weighted by Gasteiger charge is -2.45. The Labute approximate surface area is 176 Å². The van der Waals surface area contributed by atoms with Gasteiger partial charge in [0.1, 0.15) is 18.3 Å². The molecule has 152 valence electrons. The summed E-state index contributed by atoms with van der Waals surface area (Å²) in [6.45, 7) is 1.94. The molecule has 5 atom stereocenters. The smallest absolute Gasteiger partial charge is 0.225 e. The molecule has 2 aliphatic rings. The summed E-state index contributed by atoms with van der Waals surface area (Å²) in [5.74, 6) is -1.46. The third-order valence-electron chi connectivity index (χ3n) is 5.57. The number of hydrogen-bond acceptors (Lipinski definition) is 8. The van der Waals surface area contributed by atoms with E-state index in [-0.39, 0.29) is 6.61 Å². The maximum atomic E-state index is 10.7. The lowest BCUT2D eigenvalue weighted by atomic mass is 9.87. The number of aromatic nitrogens is 1. The van der Waals surface area contributed by atoms with Gasteiger partial charge in [0.25, 0.3) is 0 Å². The van der Waals surface area contributed by atoms with Gasteiger partial charge in [-0.15, -0.1) is 22.7 Å². The normalized spacial score (nSPS) is 31.3. The Balaban J connectivity index is 1.45. The lowest BCUT2D eigenvalue weighted by Crippen LogP contribution is -2.62. The number of nitrogens with zero attached hydrogens (tertiary/aromatic N) is 1. The highest BCUT2D eigenvalue weighted by Gasteiger charge is 2.57. The number of hydrogen-bond donors (Lipinski definition) is 3. The van der Waals surface area contributed by atoms with Crippen molar-refractivity contribution in [1.82, 2.24) is 4.98 Å². The molecule has 29 heavy (non-hydrogen) atoms. The quantitative estimate of drug-likeness (QED) is 0.591. The Bertz CT molecular complexity index is 1020. The summed E-state index contributed by atoms with van der Waals surface area (Å²) in [6.07, 6.45) is -2.02. The number of thiophene rings is 1. The van der Waals surface area contributed by atoms with Crippen molar-refractivity contribution in [3.8, 4) is 9.75 Å². The third-order valence-corrected chi connectivity index (χ3v) is 7.63. The molecule has 4 heterocycles. The average Bonchev–Trinajstić information content (AvgIpc) is 3.46. The van der Waals surface area contributed by atoms with Crippen LogP contribution in [0.25, 0.3) is 9.75 Å². The predicted octanol–water partition coefficient (Wildman–Crippen LogP) is 2.65. The molecule has 2 aromatic heterocycles. The van der Waals surface area contributed by atoms with Gasteiger partial charge in [-0.05, 0) is 35.6 Å². The van der Waals surface area contributed by atoms with E-state index in [4.69, 9.17) is 9.47 Å². The summed E-state index contributed by atoms with van der Waals surface area (Å²) < 4.78 is 11.8. The van der Waals surface area contributed by atoms with E-state index in [1.54, 1.807) is 29.6 Å². The minimum Gasteiger partial charge on any atom is -0.388 e. The number of thiazole rings is 1. The summed E-state index contributed by atoms with van der Waals surface area (Å²) in [7, 11) is 0. The van der Waals surface area contributed by atoms with Gasteiger partial charge >= 0.3 is 0 Å². The fraction of sp³-hybridized carbons (Fsp3) is 0.381. The Morgan fingerprint density at radius 2 is 2.03 bits per heavy atom. The molecule has 2 aliphatic heterocycles. The van der Waals surface area contributed by atoms with Crippen molar-refractivity contribution in [2.24, 2.45) is 0 Å². The summed E-state index contributed by atoms with van der Waals surface area (Å²) in [4.78, 5) is 6.90. The average molecular weight is 432 g/mol. The first-order valence-electron chi connectivity index (χ1n) is 9.45. The molecular formula is C21H21NO5S2. The van der Waals surface area contributed by atoms with E-state index in [9.17, 15) is 15.3 Å². The van der Waals surface area contributed by atoms with Crippen LogP contribution in [0.15, 0.2) is 41.9 Å². The summed E-state index contributed by atoms with van der Waals surface area (Å²) in [5, 5.41) is 34.1. The minimum atomic E-state index is -1.46. The molecule has 1 fully saturated rings. The van der Waals surface area contributed by atoms with E-state index in [0.29, 0.717) is 12.0 Å². The first kappa shape index (κ1) is 19.3. The molecule has 5 rings (SSSR count). The van der Waals surface area contributed by atoms with E-state index < -0.39 is 30.2 Å². The Kier molecular flexibility index (Phi) is 4.83. The van der Waals surface area contributed by atoms with Crippen LogP contribution in [0.4, 0.5) is 0 Å². The maximum Gasteiger partial charge on any atom is 0.225 e. The molecule has 8 heteroatoms. The van der Waals surface area contributed by atoms with Gasteiger partial charge in [-0.2, -0.15) is 0 Å². The Morgan fingerprint density at radius 3 is 2.83 bits per heavy atom. The molecule has 0 saturated carbocycles. The van der Waals surface area contributed by atoms with Gasteiger partial charge in [-0.3, -0.25) is 0 Å². The zero-order valence-corrected chi connectivity index (χ0v) is 17.3. The molecule has 0 unspecified atom stereocenters. The number of aliphatic hydroxyl groups excluding tert-OH is 3. The zero-order valence-electron chi connectivity index (χ0n) is 15.7. The van der Waals surface area contributed by atoms with Crippen LogP contribution in [0, 0.1) is 0 Å². The molecule has 3 N–H and O–H groups in total. The van der Waals surface area contributed by atoms with Crippen molar-refractivity contribution in [3.63, 3.8) is 0 Å². The third kappa shape index (κ3) is 3.16. The van der Waals surface area contributed by atoms with Crippen molar-refractivity contribution < 1.29 is 24.8 Å². The van der Waals surface area contributed by atoms with Crippen LogP contribution in [0.3, 0.4) is 0 Å². The Hall–Kier alpha value is -1.65. The fourth-order valence-corrected chi connectivity index (χ4v) is 5.76. The molecule has 1 spiro atoms. The number of ether oxygens (including phenoxy) is 2. The minimum absolute atomic E-state index is 0.280. The number of rotatable bonds is 3. The standard InChI is InChI=1S/C21H21NO5S2/c1-11-18(23)19(24)20(25)21(27-11)14-7-12(4-5-13(14)10-26-21)8-17-22-9-16(29-17)15-3-2-6-28-15/h2-7,9,11,18-20,23-25H,8,10H2,1H3/t11-,18-,19+,20-,21+/m1/s1. The van der Waals surface area contributed by atoms with E-state index in [1.807, 2.05) is 30.5 Å². The maximum absolute atomic E-state index is 10.7. The highest BCUT2D eigenvalue weighted by molar-refractivity contribution is 7.21. The monoisotopic (exact) mass is 431 g/mol. The van der Waals surface area contributed by atoms with Crippen LogP contribution in [-0.4, -0.2) is 44.7 Å². The molecule has 0 aliphatic carbocycles. The lowest BCUT2D eigenvalue weighted by molar-refractivity contribution is -0.362. The van der Waals surface area contributed by atoms with Crippen LogP contribution in [0.1, 0.15) is 28.6 Å². The Morgan fingerprint density at radius 1 is 1.17 bits per heavy atom. The van der Waals surface area contributed by atoms with Gasteiger partial charge < -0.3 is 24.8 Å². The highest BCUT2D eigenvalue weighted by Crippen LogP contribution is 2.46. The second-order valence-corrected chi connectivity index (χ2v) is 9.53. The fourth-order valence-electron chi connectivity index (χ4n) is 3.99. The second-order valence-electron chi connectivity index (χ2n) is 7.47. The topological polar surface area (TPSA) is 92.0 Å². The first-order valence-corrected chi connectivity index (χ1v) is 11.1. The molecule has 0 bridgehead atoms. The van der Waals surface area contributed by atoms with Crippen molar-refractivity contribution >= 4 is 22.7 Å². The molecule has 3 aromatic rings. The largest absolute Gasteiger partial charge is 0.388 e. The number of benzene rings is 1. The summed E-state index contributed by atoms with van der Waals surface area (Å²) in [5.41, 5.74) is 2.63. The van der Waals surface area contributed by atoms with Gasteiger partial charge in [-0.1, -0.05) is 18.2 Å². The van der Waals surface area contributed by atoms with Gasteiger partial charge in [0, 0.05) is 23.1 Å². The second kappa shape index (κ2) is 7.24. The molecule has 0 amide bonds. The van der Waals surface area contributed by atoms with E-state index in [1.165, 1.54) is 4.88 Å². The predicted molar refractivity (Wildman–Crippen MR) is 110 cm³/mol. The summed E-state index contributed by atoms with van der Waals surface area (Å²) in [6, 6.07) is 10.1.